The molecule has 1 amide bonds. The normalized spacial score (nSPS) is 21.5. The van der Waals surface area contributed by atoms with E-state index in [4.69, 9.17) is 9.84 Å². The summed E-state index contributed by atoms with van der Waals surface area (Å²) < 4.78 is 5.89. The van der Waals surface area contributed by atoms with Gasteiger partial charge in [-0.15, -0.1) is 11.3 Å². The Morgan fingerprint density at radius 3 is 2.87 bits per heavy atom. The lowest BCUT2D eigenvalue weighted by Crippen LogP contribution is -2.41. The van der Waals surface area contributed by atoms with E-state index in [1.54, 1.807) is 4.90 Å². The number of amides is 1. The minimum atomic E-state index is -1.04. The van der Waals surface area contributed by atoms with E-state index in [-0.39, 0.29) is 29.9 Å². The van der Waals surface area contributed by atoms with Crippen LogP contribution in [0.1, 0.15) is 62.9 Å². The Bertz CT molecular complexity index is 791. The van der Waals surface area contributed by atoms with Gasteiger partial charge in [-0.1, -0.05) is 57.0 Å². The summed E-state index contributed by atoms with van der Waals surface area (Å²) in [7, 11) is 0. The lowest BCUT2D eigenvalue weighted by atomic mass is 9.62. The number of cyclic esters (lactones) is 1. The molecule has 1 aromatic heterocycles. The third-order valence-electron chi connectivity index (χ3n) is 6.22. The summed E-state index contributed by atoms with van der Waals surface area (Å²) in [5.74, 6) is 0.231. The van der Waals surface area contributed by atoms with Crippen molar-refractivity contribution in [3.63, 3.8) is 0 Å². The smallest absolute Gasteiger partial charge is 0.410 e. The van der Waals surface area contributed by atoms with Crippen LogP contribution in [0.3, 0.4) is 0 Å². The molecule has 2 fully saturated rings. The number of carboxylic acids is 1. The second-order valence-electron chi connectivity index (χ2n) is 8.82. The zero-order chi connectivity index (χ0) is 22.4. The number of thiazole rings is 1. The molecule has 1 aliphatic heterocycles. The third kappa shape index (κ3) is 6.23. The Labute approximate surface area is 191 Å². The topological polar surface area (TPSA) is 100.0 Å². The summed E-state index contributed by atoms with van der Waals surface area (Å²) in [6.07, 6.45) is 9.57. The highest BCUT2D eigenvalue weighted by molar-refractivity contribution is 8.01. The molecule has 0 aromatic carbocycles. The SMILES string of the molecule is CC(C)CCCC1([C@H](O)/C=C/[C@H]2COC(=O)N2CCSc2nc(C(=O)O)cs2)CCC1. The first-order valence-corrected chi connectivity index (χ1v) is 12.8. The quantitative estimate of drug-likeness (QED) is 0.340. The number of ether oxygens (including phenoxy) is 1. The summed E-state index contributed by atoms with van der Waals surface area (Å²) in [4.78, 5) is 28.8. The van der Waals surface area contributed by atoms with Gasteiger partial charge in [0.1, 0.15) is 6.61 Å². The highest BCUT2D eigenvalue weighted by atomic mass is 32.2. The maximum Gasteiger partial charge on any atom is 0.410 e. The van der Waals surface area contributed by atoms with Crippen molar-refractivity contribution >= 4 is 35.2 Å². The summed E-state index contributed by atoms with van der Waals surface area (Å²) in [6, 6.07) is -0.193. The number of carbonyl (C=O) groups excluding carboxylic acids is 1. The molecular weight excluding hydrogens is 436 g/mol. The largest absolute Gasteiger partial charge is 0.476 e. The molecule has 7 nitrogen and oxygen atoms in total. The molecule has 1 saturated heterocycles. The molecule has 0 bridgehead atoms. The van der Waals surface area contributed by atoms with Gasteiger partial charge in [0.25, 0.3) is 0 Å². The van der Waals surface area contributed by atoms with Crippen molar-refractivity contribution in [1.29, 1.82) is 0 Å². The summed E-state index contributed by atoms with van der Waals surface area (Å²) >= 11 is 2.71. The molecule has 2 aliphatic rings. The highest BCUT2D eigenvalue weighted by Gasteiger charge is 2.42. The average molecular weight is 469 g/mol. The van der Waals surface area contributed by atoms with E-state index in [0.717, 1.165) is 25.7 Å². The molecule has 9 heteroatoms. The number of hydrogen-bond acceptors (Lipinski definition) is 7. The molecule has 0 spiro atoms. The van der Waals surface area contributed by atoms with Crippen molar-refractivity contribution in [1.82, 2.24) is 9.88 Å². The van der Waals surface area contributed by atoms with Crippen LogP contribution < -0.4 is 0 Å². The first-order valence-electron chi connectivity index (χ1n) is 10.9. The van der Waals surface area contributed by atoms with Gasteiger partial charge in [0.05, 0.1) is 12.1 Å². The fourth-order valence-electron chi connectivity index (χ4n) is 4.16. The van der Waals surface area contributed by atoms with Crippen molar-refractivity contribution < 1.29 is 24.5 Å². The Hall–Kier alpha value is -1.58. The first kappa shape index (κ1) is 24.1. The van der Waals surface area contributed by atoms with E-state index in [1.807, 2.05) is 12.2 Å². The molecule has 2 heterocycles. The van der Waals surface area contributed by atoms with E-state index in [2.05, 4.69) is 18.8 Å². The number of carbonyl (C=O) groups is 2. The first-order chi connectivity index (χ1) is 14.8. The predicted octanol–water partition coefficient (Wildman–Crippen LogP) is 4.67. The number of thioether (sulfide) groups is 1. The third-order valence-corrected chi connectivity index (χ3v) is 8.22. The van der Waals surface area contributed by atoms with Crippen LogP contribution in [0.25, 0.3) is 0 Å². The zero-order valence-corrected chi connectivity index (χ0v) is 19.8. The van der Waals surface area contributed by atoms with Crippen LogP contribution >= 0.6 is 23.1 Å². The van der Waals surface area contributed by atoms with Crippen LogP contribution in [0, 0.1) is 11.3 Å². The number of hydrogen-bond donors (Lipinski definition) is 2. The van der Waals surface area contributed by atoms with E-state index in [9.17, 15) is 14.7 Å². The van der Waals surface area contributed by atoms with Crippen molar-refractivity contribution in [2.45, 2.75) is 68.9 Å². The van der Waals surface area contributed by atoms with Gasteiger partial charge < -0.3 is 14.9 Å². The fourth-order valence-corrected chi connectivity index (χ4v) is 5.97. The molecule has 31 heavy (non-hydrogen) atoms. The van der Waals surface area contributed by atoms with Crippen LogP contribution in [0.15, 0.2) is 21.9 Å². The summed E-state index contributed by atoms with van der Waals surface area (Å²) in [5, 5.41) is 21.4. The molecule has 1 aromatic rings. The minimum Gasteiger partial charge on any atom is -0.476 e. The van der Waals surface area contributed by atoms with Crippen molar-refractivity contribution in [3.8, 4) is 0 Å². The van der Waals surface area contributed by atoms with Crippen molar-refractivity contribution in [2.75, 3.05) is 18.9 Å². The van der Waals surface area contributed by atoms with Crippen LogP contribution in [0.5, 0.6) is 0 Å². The lowest BCUT2D eigenvalue weighted by molar-refractivity contribution is -0.0150. The van der Waals surface area contributed by atoms with Gasteiger partial charge in [-0.3, -0.25) is 4.90 Å². The summed E-state index contributed by atoms with van der Waals surface area (Å²) in [5.41, 5.74) is 0.0311. The average Bonchev–Trinajstić information content (AvgIpc) is 3.29. The maximum atomic E-state index is 12.1. The van der Waals surface area contributed by atoms with Gasteiger partial charge in [0, 0.05) is 17.7 Å². The Kier molecular flexibility index (Phi) is 8.41. The monoisotopic (exact) mass is 468 g/mol. The van der Waals surface area contributed by atoms with Gasteiger partial charge >= 0.3 is 12.1 Å². The number of nitrogens with zero attached hydrogens (tertiary/aromatic N) is 2. The standard InChI is InChI=1S/C22H32N2O5S2/c1-15(2)5-3-8-22(9-4-10-22)18(25)7-6-16-13-29-21(28)24(16)11-12-30-20-23-17(14-31-20)19(26)27/h6-7,14-16,18,25H,3-5,8-13H2,1-2H3,(H,26,27)/b7-6+/t16-,18+/m0/s1. The van der Waals surface area contributed by atoms with Crippen molar-refractivity contribution in [3.05, 3.63) is 23.2 Å². The maximum absolute atomic E-state index is 12.1. The second kappa shape index (κ2) is 10.8. The van der Waals surface area contributed by atoms with E-state index < -0.39 is 12.1 Å². The zero-order valence-electron chi connectivity index (χ0n) is 18.2. The number of aromatic nitrogens is 1. The number of aliphatic hydroxyl groups excluding tert-OH is 1. The summed E-state index contributed by atoms with van der Waals surface area (Å²) in [6.45, 7) is 5.21. The Morgan fingerprint density at radius 2 is 2.26 bits per heavy atom. The molecule has 0 radical (unpaired) electrons. The number of carboxylic acid groups (broad SMARTS) is 1. The number of aliphatic hydroxyl groups is 1. The van der Waals surface area contributed by atoms with E-state index >= 15 is 0 Å². The molecule has 172 valence electrons. The van der Waals surface area contributed by atoms with E-state index in [0.29, 0.717) is 22.6 Å². The molecule has 1 aliphatic carbocycles. The Balaban J connectivity index is 1.51. The van der Waals surface area contributed by atoms with E-state index in [1.165, 1.54) is 41.3 Å². The van der Waals surface area contributed by atoms with Gasteiger partial charge in [0.2, 0.25) is 0 Å². The molecular formula is C22H32N2O5S2. The van der Waals surface area contributed by atoms with Gasteiger partial charge in [-0.25, -0.2) is 14.6 Å². The molecule has 2 atom stereocenters. The fraction of sp³-hybridized carbons (Fsp3) is 0.682. The van der Waals surface area contributed by atoms with Gasteiger partial charge in [0.15, 0.2) is 10.0 Å². The lowest BCUT2D eigenvalue weighted by Gasteiger charge is -2.45. The number of rotatable bonds is 12. The van der Waals surface area contributed by atoms with Crippen LogP contribution in [0.2, 0.25) is 0 Å². The molecule has 3 rings (SSSR count). The second-order valence-corrected chi connectivity index (χ2v) is 11.0. The molecule has 0 unspecified atom stereocenters. The van der Waals surface area contributed by atoms with Crippen LogP contribution in [-0.2, 0) is 4.74 Å². The number of aromatic carboxylic acids is 1. The minimum absolute atomic E-state index is 0.0117. The molecule has 2 N–H and O–H groups in total. The van der Waals surface area contributed by atoms with Crippen molar-refractivity contribution in [2.24, 2.45) is 11.3 Å². The van der Waals surface area contributed by atoms with Gasteiger partial charge in [-0.2, -0.15) is 0 Å². The predicted molar refractivity (Wildman–Crippen MR) is 122 cm³/mol. The Morgan fingerprint density at radius 1 is 1.48 bits per heavy atom. The molecule has 1 saturated carbocycles. The van der Waals surface area contributed by atoms with Crippen LogP contribution in [-0.4, -0.2) is 63.2 Å². The van der Waals surface area contributed by atoms with Gasteiger partial charge in [-0.05, 0) is 30.6 Å². The van der Waals surface area contributed by atoms with Crippen LogP contribution in [0.4, 0.5) is 4.79 Å². The highest BCUT2D eigenvalue weighted by Crippen LogP contribution is 2.48.